The van der Waals surface area contributed by atoms with E-state index in [-0.39, 0.29) is 22.0 Å². The topological polar surface area (TPSA) is 75.3 Å². The number of carbonyl (C=O) groups is 1. The van der Waals surface area contributed by atoms with Gasteiger partial charge in [0.2, 0.25) is 0 Å². The summed E-state index contributed by atoms with van der Waals surface area (Å²) in [7, 11) is 1.49. The van der Waals surface area contributed by atoms with Crippen molar-refractivity contribution in [3.05, 3.63) is 34.2 Å². The Kier molecular flexibility index (Phi) is 3.20. The van der Waals surface area contributed by atoms with Gasteiger partial charge in [0.1, 0.15) is 0 Å². The summed E-state index contributed by atoms with van der Waals surface area (Å²) in [5.74, 6) is -2.78. The van der Waals surface area contributed by atoms with Crippen molar-refractivity contribution in [3.63, 3.8) is 0 Å². The van der Waals surface area contributed by atoms with Crippen LogP contribution in [0.2, 0.25) is 5.02 Å². The van der Waals surface area contributed by atoms with Crippen LogP contribution in [-0.2, 0) is 7.05 Å². The van der Waals surface area contributed by atoms with E-state index in [9.17, 15) is 14.3 Å². The molecule has 0 saturated carbocycles. The van der Waals surface area contributed by atoms with Crippen molar-refractivity contribution in [3.8, 4) is 17.0 Å². The summed E-state index contributed by atoms with van der Waals surface area (Å²) in [6.07, 6.45) is 0. The van der Waals surface area contributed by atoms with Gasteiger partial charge in [0, 0.05) is 12.6 Å². The Morgan fingerprint density at radius 1 is 1.47 bits per heavy atom. The van der Waals surface area contributed by atoms with Crippen LogP contribution in [0.3, 0.4) is 0 Å². The number of aromatic hydroxyl groups is 1. The minimum absolute atomic E-state index is 0.0434. The number of rotatable bonds is 2. The lowest BCUT2D eigenvalue weighted by Gasteiger charge is -2.09. The summed E-state index contributed by atoms with van der Waals surface area (Å²) < 4.78 is 15.2. The van der Waals surface area contributed by atoms with Crippen LogP contribution >= 0.6 is 11.6 Å². The fourth-order valence-corrected chi connectivity index (χ4v) is 1.90. The number of phenols is 1. The number of phenolic OH excluding ortho intramolecular Hbond substituents is 1. The molecule has 0 aliphatic heterocycles. The van der Waals surface area contributed by atoms with Gasteiger partial charge in [-0.3, -0.25) is 4.68 Å². The molecule has 19 heavy (non-hydrogen) atoms. The number of carboxylic acids is 1. The highest BCUT2D eigenvalue weighted by Crippen LogP contribution is 2.36. The highest BCUT2D eigenvalue weighted by Gasteiger charge is 2.20. The maximum absolute atomic E-state index is 14.0. The van der Waals surface area contributed by atoms with Crippen LogP contribution in [0.4, 0.5) is 4.39 Å². The Bertz CT molecular complexity index is 682. The lowest BCUT2D eigenvalue weighted by atomic mass is 10.1. The van der Waals surface area contributed by atoms with E-state index in [0.717, 1.165) is 0 Å². The predicted molar refractivity (Wildman–Crippen MR) is 67.0 cm³/mol. The second-order valence-corrected chi connectivity index (χ2v) is 4.44. The van der Waals surface area contributed by atoms with Crippen LogP contribution < -0.4 is 0 Å². The zero-order valence-electron chi connectivity index (χ0n) is 10.1. The number of nitrogens with zero attached hydrogens (tertiary/aromatic N) is 2. The zero-order valence-corrected chi connectivity index (χ0v) is 10.9. The normalized spacial score (nSPS) is 10.7. The third-order valence-electron chi connectivity index (χ3n) is 2.73. The third-order valence-corrected chi connectivity index (χ3v) is 3.21. The van der Waals surface area contributed by atoms with Gasteiger partial charge in [-0.2, -0.15) is 5.10 Å². The van der Waals surface area contributed by atoms with Crippen molar-refractivity contribution in [1.82, 2.24) is 9.78 Å². The lowest BCUT2D eigenvalue weighted by molar-refractivity contribution is 0.0689. The molecule has 0 unspecified atom stereocenters. The molecule has 7 heteroatoms. The standard InChI is InChI=1S/C12H10ClFN2O3/c1-5-3-6(10(14)11(17)9(5)13)8-4-7(12(18)19)15-16(8)2/h3-4,17H,1-2H3,(H,18,19). The van der Waals surface area contributed by atoms with Gasteiger partial charge >= 0.3 is 5.97 Å². The van der Waals surface area contributed by atoms with Crippen LogP contribution in [0, 0.1) is 12.7 Å². The summed E-state index contributed by atoms with van der Waals surface area (Å²) in [5, 5.41) is 22.1. The maximum Gasteiger partial charge on any atom is 0.356 e. The molecule has 0 fully saturated rings. The average Bonchev–Trinajstić information content (AvgIpc) is 2.73. The van der Waals surface area contributed by atoms with Crippen LogP contribution in [0.25, 0.3) is 11.3 Å². The largest absolute Gasteiger partial charge is 0.504 e. The monoisotopic (exact) mass is 284 g/mol. The molecule has 100 valence electrons. The van der Waals surface area contributed by atoms with Crippen LogP contribution in [-0.4, -0.2) is 26.0 Å². The Balaban J connectivity index is 2.69. The van der Waals surface area contributed by atoms with Crippen LogP contribution in [0.1, 0.15) is 16.1 Å². The number of hydrogen-bond donors (Lipinski definition) is 2. The SMILES string of the molecule is Cc1cc(-c2cc(C(=O)O)nn2C)c(F)c(O)c1Cl. The van der Waals surface area contributed by atoms with Gasteiger partial charge in [0.05, 0.1) is 10.7 Å². The smallest absolute Gasteiger partial charge is 0.356 e. The fourth-order valence-electron chi connectivity index (χ4n) is 1.76. The second kappa shape index (κ2) is 4.55. The first-order chi connectivity index (χ1) is 8.82. The third kappa shape index (κ3) is 2.15. The van der Waals surface area contributed by atoms with Crippen molar-refractivity contribution in [2.45, 2.75) is 6.92 Å². The molecule has 0 saturated heterocycles. The van der Waals surface area contributed by atoms with E-state index in [2.05, 4.69) is 5.10 Å². The molecule has 5 nitrogen and oxygen atoms in total. The molecule has 1 aromatic carbocycles. The Morgan fingerprint density at radius 3 is 2.63 bits per heavy atom. The molecule has 1 aromatic heterocycles. The zero-order chi connectivity index (χ0) is 14.3. The van der Waals surface area contributed by atoms with Gasteiger partial charge in [-0.15, -0.1) is 0 Å². The maximum atomic E-state index is 14.0. The van der Waals surface area contributed by atoms with Crippen molar-refractivity contribution in [2.24, 2.45) is 7.05 Å². The van der Waals surface area contributed by atoms with Gasteiger partial charge in [-0.25, -0.2) is 9.18 Å². The quantitative estimate of drug-likeness (QED) is 0.889. The lowest BCUT2D eigenvalue weighted by Crippen LogP contribution is -2.00. The van der Waals surface area contributed by atoms with Crippen LogP contribution in [0.5, 0.6) is 5.75 Å². The van der Waals surface area contributed by atoms with E-state index in [4.69, 9.17) is 16.7 Å². The van der Waals surface area contributed by atoms with E-state index < -0.39 is 17.5 Å². The highest BCUT2D eigenvalue weighted by molar-refractivity contribution is 6.32. The molecule has 0 radical (unpaired) electrons. The molecular weight excluding hydrogens is 275 g/mol. The molecule has 1 heterocycles. The van der Waals surface area contributed by atoms with Gasteiger partial charge < -0.3 is 10.2 Å². The van der Waals surface area contributed by atoms with E-state index in [1.165, 1.54) is 23.9 Å². The van der Waals surface area contributed by atoms with Gasteiger partial charge in [0.15, 0.2) is 17.3 Å². The van der Waals surface area contributed by atoms with Crippen LogP contribution in [0.15, 0.2) is 12.1 Å². The summed E-state index contributed by atoms with van der Waals surface area (Å²) in [5.41, 5.74) is 0.560. The summed E-state index contributed by atoms with van der Waals surface area (Å²) in [6, 6.07) is 2.66. The molecular formula is C12H10ClFN2O3. The minimum atomic E-state index is -1.21. The number of hydrogen-bond acceptors (Lipinski definition) is 3. The van der Waals surface area contributed by atoms with Gasteiger partial charge in [0.25, 0.3) is 0 Å². The number of halogens is 2. The first kappa shape index (κ1) is 13.4. The number of aromatic carboxylic acids is 1. The van der Waals surface area contributed by atoms with Crippen molar-refractivity contribution >= 4 is 17.6 Å². The molecule has 0 aliphatic rings. The van der Waals surface area contributed by atoms with E-state index in [1.807, 2.05) is 0 Å². The van der Waals surface area contributed by atoms with E-state index in [1.54, 1.807) is 6.92 Å². The van der Waals surface area contributed by atoms with Gasteiger partial charge in [-0.05, 0) is 24.6 Å². The summed E-state index contributed by atoms with van der Waals surface area (Å²) in [4.78, 5) is 10.8. The summed E-state index contributed by atoms with van der Waals surface area (Å²) >= 11 is 5.73. The molecule has 0 atom stereocenters. The Labute approximate surface area is 112 Å². The number of carboxylic acid groups (broad SMARTS) is 1. The second-order valence-electron chi connectivity index (χ2n) is 4.06. The molecule has 2 N–H and O–H groups in total. The van der Waals surface area contributed by atoms with E-state index >= 15 is 0 Å². The number of aromatic nitrogens is 2. The van der Waals surface area contributed by atoms with Crippen molar-refractivity contribution in [2.75, 3.05) is 0 Å². The van der Waals surface area contributed by atoms with E-state index in [0.29, 0.717) is 5.56 Å². The Morgan fingerprint density at radius 2 is 2.11 bits per heavy atom. The molecule has 2 rings (SSSR count). The Hall–Kier alpha value is -2.08. The molecule has 0 amide bonds. The first-order valence-electron chi connectivity index (χ1n) is 5.28. The molecule has 0 aliphatic carbocycles. The minimum Gasteiger partial charge on any atom is -0.504 e. The van der Waals surface area contributed by atoms with Crippen molar-refractivity contribution < 1.29 is 19.4 Å². The summed E-state index contributed by atoms with van der Waals surface area (Å²) in [6.45, 7) is 1.61. The first-order valence-corrected chi connectivity index (χ1v) is 5.66. The molecule has 0 spiro atoms. The van der Waals surface area contributed by atoms with Gasteiger partial charge in [-0.1, -0.05) is 11.6 Å². The molecule has 0 bridgehead atoms. The molecule has 2 aromatic rings. The number of benzene rings is 1. The predicted octanol–water partition coefficient (Wildman–Crippen LogP) is 2.59. The van der Waals surface area contributed by atoms with Crippen molar-refractivity contribution in [1.29, 1.82) is 0 Å². The highest BCUT2D eigenvalue weighted by atomic mass is 35.5. The number of aryl methyl sites for hydroxylation is 2. The average molecular weight is 285 g/mol. The fraction of sp³-hybridized carbons (Fsp3) is 0.167.